The number of esters is 1. The summed E-state index contributed by atoms with van der Waals surface area (Å²) in [7, 11) is 1.72. The van der Waals surface area contributed by atoms with E-state index in [1.54, 1.807) is 7.11 Å². The Balaban J connectivity index is 0.000000633. The zero-order chi connectivity index (χ0) is 25.3. The molecule has 188 valence electrons. The van der Waals surface area contributed by atoms with E-state index in [-0.39, 0.29) is 11.4 Å². The number of benzene rings is 2. The van der Waals surface area contributed by atoms with Crippen LogP contribution in [0.25, 0.3) is 0 Å². The Hall–Kier alpha value is -2.29. The van der Waals surface area contributed by atoms with Crippen molar-refractivity contribution in [2.24, 2.45) is 23.7 Å². The van der Waals surface area contributed by atoms with Crippen LogP contribution in [0.5, 0.6) is 11.5 Å². The minimum atomic E-state index is -0.271. The quantitative estimate of drug-likeness (QED) is 0.335. The molecule has 0 heterocycles. The molecule has 4 bridgehead atoms. The number of hydrogen-bond donors (Lipinski definition) is 0. The fourth-order valence-corrected chi connectivity index (χ4v) is 6.87. The lowest BCUT2D eigenvalue weighted by molar-refractivity contribution is -0.131. The SMILES string of the molecule is CC.CC.CC.COc1ccc(C2(c3ccc(OC(C)=O)cc3)C3CC4CC(C3)CC2C4)cc1. The summed E-state index contributed by atoms with van der Waals surface area (Å²) < 4.78 is 10.7. The fraction of sp³-hybridized carbons (Fsp3) is 0.581. The Morgan fingerprint density at radius 3 is 1.41 bits per heavy atom. The maximum Gasteiger partial charge on any atom is 0.308 e. The summed E-state index contributed by atoms with van der Waals surface area (Å²) >= 11 is 0. The third-order valence-corrected chi connectivity index (χ3v) is 7.59. The van der Waals surface area contributed by atoms with Gasteiger partial charge < -0.3 is 9.47 Å². The molecule has 6 rings (SSSR count). The molecule has 0 aromatic heterocycles. The van der Waals surface area contributed by atoms with E-state index in [9.17, 15) is 4.79 Å². The molecule has 2 aromatic rings. The second kappa shape index (κ2) is 13.0. The van der Waals surface area contributed by atoms with Crippen molar-refractivity contribution in [1.82, 2.24) is 0 Å². The number of carbonyl (C=O) groups excluding carboxylic acids is 1. The average molecular weight is 467 g/mol. The van der Waals surface area contributed by atoms with Crippen molar-refractivity contribution in [3.63, 3.8) is 0 Å². The van der Waals surface area contributed by atoms with Gasteiger partial charge in [0, 0.05) is 12.3 Å². The van der Waals surface area contributed by atoms with Crippen LogP contribution in [-0.2, 0) is 10.2 Å². The second-order valence-corrected chi connectivity index (χ2v) is 9.02. The second-order valence-electron chi connectivity index (χ2n) is 9.02. The van der Waals surface area contributed by atoms with Gasteiger partial charge in [-0.05, 0) is 91.2 Å². The highest BCUT2D eigenvalue weighted by atomic mass is 16.5. The largest absolute Gasteiger partial charge is 0.497 e. The number of hydrogen-bond acceptors (Lipinski definition) is 3. The zero-order valence-corrected chi connectivity index (χ0v) is 22.7. The monoisotopic (exact) mass is 466 g/mol. The maximum absolute atomic E-state index is 11.3. The Kier molecular flexibility index (Phi) is 10.7. The van der Waals surface area contributed by atoms with E-state index in [2.05, 4.69) is 36.4 Å². The minimum absolute atomic E-state index is 0.0639. The smallest absolute Gasteiger partial charge is 0.308 e. The van der Waals surface area contributed by atoms with Crippen molar-refractivity contribution in [3.8, 4) is 11.5 Å². The predicted octanol–water partition coefficient (Wildman–Crippen LogP) is 8.44. The molecule has 4 aliphatic carbocycles. The summed E-state index contributed by atoms with van der Waals surface area (Å²) in [6.45, 7) is 13.4. The molecular weight excluding hydrogens is 420 g/mol. The Bertz CT molecular complexity index is 839. The molecule has 0 aliphatic heterocycles. The van der Waals surface area contributed by atoms with E-state index < -0.39 is 0 Å². The number of ether oxygens (including phenoxy) is 2. The average Bonchev–Trinajstić information content (AvgIpc) is 2.88. The Morgan fingerprint density at radius 2 is 1.06 bits per heavy atom. The molecule has 0 amide bonds. The molecule has 0 N–H and O–H groups in total. The maximum atomic E-state index is 11.3. The number of carbonyl (C=O) groups is 1. The summed E-state index contributed by atoms with van der Waals surface area (Å²) in [5.41, 5.74) is 2.86. The summed E-state index contributed by atoms with van der Waals surface area (Å²) in [4.78, 5) is 11.3. The lowest BCUT2D eigenvalue weighted by Gasteiger charge is -2.62. The molecule has 4 saturated carbocycles. The highest BCUT2D eigenvalue weighted by molar-refractivity contribution is 5.69. The summed E-state index contributed by atoms with van der Waals surface area (Å²) in [6.07, 6.45) is 6.79. The number of rotatable bonds is 4. The normalized spacial score (nSPS) is 27.6. The van der Waals surface area contributed by atoms with E-state index in [4.69, 9.17) is 9.47 Å². The van der Waals surface area contributed by atoms with Crippen LogP contribution in [0.3, 0.4) is 0 Å². The predicted molar refractivity (Wildman–Crippen MR) is 143 cm³/mol. The first kappa shape index (κ1) is 28.0. The molecule has 0 saturated heterocycles. The van der Waals surface area contributed by atoms with Gasteiger partial charge in [0.1, 0.15) is 11.5 Å². The van der Waals surface area contributed by atoms with Crippen LogP contribution in [-0.4, -0.2) is 13.1 Å². The van der Waals surface area contributed by atoms with Gasteiger partial charge in [0.05, 0.1) is 7.11 Å². The highest BCUT2D eigenvalue weighted by Gasteiger charge is 2.58. The van der Waals surface area contributed by atoms with Gasteiger partial charge in [-0.15, -0.1) is 0 Å². The van der Waals surface area contributed by atoms with E-state index in [1.165, 1.54) is 50.2 Å². The van der Waals surface area contributed by atoms with Crippen molar-refractivity contribution in [2.45, 2.75) is 86.0 Å². The van der Waals surface area contributed by atoms with Gasteiger partial charge in [0.2, 0.25) is 0 Å². The van der Waals surface area contributed by atoms with Gasteiger partial charge in [-0.3, -0.25) is 4.79 Å². The summed E-state index contributed by atoms with van der Waals surface area (Å²) in [5, 5.41) is 0. The molecule has 0 unspecified atom stereocenters. The molecule has 34 heavy (non-hydrogen) atoms. The van der Waals surface area contributed by atoms with Crippen molar-refractivity contribution < 1.29 is 14.3 Å². The third kappa shape index (κ3) is 5.34. The lowest BCUT2D eigenvalue weighted by atomic mass is 9.42. The van der Waals surface area contributed by atoms with E-state index in [0.717, 1.165) is 17.6 Å². The summed E-state index contributed by atoms with van der Waals surface area (Å²) in [5.74, 6) is 4.47. The van der Waals surface area contributed by atoms with Crippen molar-refractivity contribution in [3.05, 3.63) is 59.7 Å². The van der Waals surface area contributed by atoms with Crippen LogP contribution >= 0.6 is 0 Å². The fourth-order valence-electron chi connectivity index (χ4n) is 6.87. The lowest BCUT2D eigenvalue weighted by Crippen LogP contribution is -2.56. The van der Waals surface area contributed by atoms with Crippen LogP contribution in [0.1, 0.15) is 91.7 Å². The third-order valence-electron chi connectivity index (χ3n) is 7.59. The van der Waals surface area contributed by atoms with Gasteiger partial charge in [0.25, 0.3) is 0 Å². The Morgan fingerprint density at radius 1 is 0.676 bits per heavy atom. The van der Waals surface area contributed by atoms with E-state index in [1.807, 2.05) is 53.7 Å². The molecule has 0 atom stereocenters. The van der Waals surface area contributed by atoms with Crippen LogP contribution < -0.4 is 9.47 Å². The van der Waals surface area contributed by atoms with Gasteiger partial charge in [-0.1, -0.05) is 65.8 Å². The summed E-state index contributed by atoms with van der Waals surface area (Å²) in [6, 6.07) is 17.1. The van der Waals surface area contributed by atoms with Gasteiger partial charge >= 0.3 is 5.97 Å². The van der Waals surface area contributed by atoms with Crippen LogP contribution in [0.2, 0.25) is 0 Å². The van der Waals surface area contributed by atoms with Crippen LogP contribution in [0.4, 0.5) is 0 Å². The first-order valence-corrected chi connectivity index (χ1v) is 13.5. The molecule has 4 aliphatic rings. The number of methoxy groups -OCH3 is 1. The van der Waals surface area contributed by atoms with Crippen LogP contribution in [0, 0.1) is 23.7 Å². The van der Waals surface area contributed by atoms with Crippen molar-refractivity contribution >= 4 is 5.97 Å². The molecule has 2 aromatic carbocycles. The Labute approximate surface area is 208 Å². The highest BCUT2D eigenvalue weighted by Crippen LogP contribution is 2.65. The molecule has 0 radical (unpaired) electrons. The molecule has 3 heteroatoms. The molecule has 0 spiro atoms. The molecule has 3 nitrogen and oxygen atoms in total. The first-order chi connectivity index (χ1) is 16.6. The topological polar surface area (TPSA) is 35.5 Å². The zero-order valence-electron chi connectivity index (χ0n) is 22.7. The van der Waals surface area contributed by atoms with Gasteiger partial charge in [0.15, 0.2) is 0 Å². The molecular formula is C31H46O3. The van der Waals surface area contributed by atoms with Crippen molar-refractivity contribution in [2.75, 3.05) is 7.11 Å². The van der Waals surface area contributed by atoms with E-state index >= 15 is 0 Å². The first-order valence-electron chi connectivity index (χ1n) is 13.5. The minimum Gasteiger partial charge on any atom is -0.497 e. The van der Waals surface area contributed by atoms with E-state index in [0.29, 0.717) is 17.6 Å². The van der Waals surface area contributed by atoms with Crippen molar-refractivity contribution in [1.29, 1.82) is 0 Å². The van der Waals surface area contributed by atoms with Crippen LogP contribution in [0.15, 0.2) is 48.5 Å². The van der Waals surface area contributed by atoms with Gasteiger partial charge in [-0.25, -0.2) is 0 Å². The molecule has 4 fully saturated rings. The standard InChI is InChI=1S/C25H28O3.3C2H6/c1-16(26)28-24-9-5-20(6-10-24)25(19-3-7-23(27-2)8-4-19)21-12-17-11-18(14-21)15-22(25)13-17;3*1-2/h3-10,17-18,21-22H,11-15H2,1-2H3;3*1-2H3. The van der Waals surface area contributed by atoms with Gasteiger partial charge in [-0.2, -0.15) is 0 Å².